The Balaban J connectivity index is 2.95. The largest absolute Gasteiger partial charge is 0.389 e. The highest BCUT2D eigenvalue weighted by atomic mass is 16.3. The van der Waals surface area contributed by atoms with E-state index in [1.54, 1.807) is 25.7 Å². The van der Waals surface area contributed by atoms with Crippen molar-refractivity contribution >= 4 is 11.7 Å². The highest BCUT2D eigenvalue weighted by Gasteiger charge is 2.25. The third kappa shape index (κ3) is 3.20. The summed E-state index contributed by atoms with van der Waals surface area (Å²) in [4.78, 5) is 13.8. The Labute approximate surface area is 101 Å². The Morgan fingerprint density at radius 3 is 2.53 bits per heavy atom. The molecule has 0 spiro atoms. The van der Waals surface area contributed by atoms with Gasteiger partial charge in [-0.3, -0.25) is 9.89 Å². The third-order valence-electron chi connectivity index (χ3n) is 2.44. The van der Waals surface area contributed by atoms with Crippen LogP contribution in [0, 0.1) is 6.92 Å². The van der Waals surface area contributed by atoms with Crippen molar-refractivity contribution in [3.63, 3.8) is 0 Å². The lowest BCUT2D eigenvalue weighted by Gasteiger charge is -2.28. The first-order chi connectivity index (χ1) is 7.76. The minimum atomic E-state index is -0.932. The number of nitrogen functional groups attached to an aromatic ring is 1. The summed E-state index contributed by atoms with van der Waals surface area (Å²) in [6.07, 6.45) is 0. The second-order valence-corrected chi connectivity index (χ2v) is 4.74. The van der Waals surface area contributed by atoms with Gasteiger partial charge in [-0.25, -0.2) is 0 Å². The first-order valence-corrected chi connectivity index (χ1v) is 5.58. The third-order valence-corrected chi connectivity index (χ3v) is 2.44. The molecule has 0 saturated heterocycles. The Hall–Kier alpha value is -1.56. The number of likely N-dealkylation sites (N-methyl/N-ethyl adjacent to an activating group) is 1. The molecule has 0 atom stereocenters. The number of nitrogens with one attached hydrogen (secondary N) is 1. The molecular weight excluding hydrogens is 220 g/mol. The molecule has 6 heteroatoms. The number of nitrogens with zero attached hydrogens (tertiary/aromatic N) is 2. The Kier molecular flexibility index (Phi) is 3.77. The zero-order valence-corrected chi connectivity index (χ0v) is 10.7. The molecule has 0 aromatic carbocycles. The van der Waals surface area contributed by atoms with Crippen LogP contribution in [-0.4, -0.2) is 44.8 Å². The van der Waals surface area contributed by atoms with Crippen LogP contribution in [-0.2, 0) is 0 Å². The summed E-state index contributed by atoms with van der Waals surface area (Å²) in [6.45, 7) is 7.69. The van der Waals surface area contributed by atoms with Crippen LogP contribution in [0.1, 0.15) is 36.8 Å². The molecule has 0 aliphatic heterocycles. The van der Waals surface area contributed by atoms with E-state index in [1.165, 1.54) is 0 Å². The van der Waals surface area contributed by atoms with Gasteiger partial charge in [0, 0.05) is 18.8 Å². The molecule has 0 fully saturated rings. The molecule has 0 aliphatic rings. The van der Waals surface area contributed by atoms with E-state index in [2.05, 4.69) is 10.2 Å². The van der Waals surface area contributed by atoms with Crippen molar-refractivity contribution in [2.45, 2.75) is 33.3 Å². The van der Waals surface area contributed by atoms with Gasteiger partial charge in [0.15, 0.2) is 5.82 Å². The van der Waals surface area contributed by atoms with Gasteiger partial charge < -0.3 is 15.7 Å². The molecule has 1 rings (SSSR count). The number of aromatic amines is 1. The molecule has 96 valence electrons. The van der Waals surface area contributed by atoms with Crippen molar-refractivity contribution in [2.24, 2.45) is 0 Å². The Bertz CT molecular complexity index is 387. The number of carbonyl (C=O) groups excluding carboxylic acids is 1. The molecule has 1 aromatic heterocycles. The molecule has 4 N–H and O–H groups in total. The maximum atomic E-state index is 12.2. The number of H-pyrrole nitrogens is 1. The van der Waals surface area contributed by atoms with Gasteiger partial charge in [-0.05, 0) is 27.7 Å². The van der Waals surface area contributed by atoms with Gasteiger partial charge in [0.25, 0.3) is 5.91 Å². The predicted octanol–water partition coefficient (Wildman–Crippen LogP) is 0.533. The van der Waals surface area contributed by atoms with E-state index >= 15 is 0 Å². The van der Waals surface area contributed by atoms with Crippen molar-refractivity contribution in [3.8, 4) is 0 Å². The van der Waals surface area contributed by atoms with Crippen LogP contribution in [0.5, 0.6) is 0 Å². The summed E-state index contributed by atoms with van der Waals surface area (Å²) < 4.78 is 0. The van der Waals surface area contributed by atoms with Crippen molar-refractivity contribution in [1.82, 2.24) is 15.1 Å². The summed E-state index contributed by atoms with van der Waals surface area (Å²) in [5.74, 6) is -0.0138. The highest BCUT2D eigenvalue weighted by Crippen LogP contribution is 2.16. The molecular formula is C11H20N4O2. The number of hydrogen-bond donors (Lipinski definition) is 3. The van der Waals surface area contributed by atoms with Crippen LogP contribution in [0.4, 0.5) is 5.82 Å². The van der Waals surface area contributed by atoms with Crippen LogP contribution in [0.25, 0.3) is 0 Å². The van der Waals surface area contributed by atoms with Gasteiger partial charge in [-0.1, -0.05) is 0 Å². The van der Waals surface area contributed by atoms with Gasteiger partial charge >= 0.3 is 0 Å². The fourth-order valence-corrected chi connectivity index (χ4v) is 1.67. The standard InChI is InChI=1S/C11H20N4O2/c1-5-15(6-11(3,4)17)10(16)8-7(2)13-14-9(8)12/h17H,5-6H2,1-4H3,(H3,12,13,14). The Morgan fingerprint density at radius 2 is 2.18 bits per heavy atom. The van der Waals surface area contributed by atoms with Crippen molar-refractivity contribution in [2.75, 3.05) is 18.8 Å². The highest BCUT2D eigenvalue weighted by molar-refractivity contribution is 5.99. The molecule has 1 aromatic rings. The SMILES string of the molecule is CCN(CC(C)(C)O)C(=O)c1c(N)n[nH]c1C. The number of aliphatic hydroxyl groups is 1. The lowest BCUT2D eigenvalue weighted by molar-refractivity contribution is 0.0315. The molecule has 0 aliphatic carbocycles. The summed E-state index contributed by atoms with van der Waals surface area (Å²) in [5.41, 5.74) is 5.74. The monoisotopic (exact) mass is 240 g/mol. The number of aromatic nitrogens is 2. The van der Waals surface area contributed by atoms with Crippen molar-refractivity contribution in [3.05, 3.63) is 11.3 Å². The molecule has 1 amide bonds. The number of rotatable bonds is 4. The maximum Gasteiger partial charge on any atom is 0.259 e. The fourth-order valence-electron chi connectivity index (χ4n) is 1.67. The topological polar surface area (TPSA) is 95.2 Å². The first kappa shape index (κ1) is 13.5. The van der Waals surface area contributed by atoms with E-state index in [9.17, 15) is 9.90 Å². The number of nitrogens with two attached hydrogens (primary N) is 1. The van der Waals surface area contributed by atoms with Gasteiger partial charge in [-0.2, -0.15) is 5.10 Å². The minimum Gasteiger partial charge on any atom is -0.389 e. The van der Waals surface area contributed by atoms with Gasteiger partial charge in [-0.15, -0.1) is 0 Å². The van der Waals surface area contributed by atoms with E-state index < -0.39 is 5.60 Å². The number of hydrogen-bond acceptors (Lipinski definition) is 4. The van der Waals surface area contributed by atoms with E-state index in [4.69, 9.17) is 5.73 Å². The second kappa shape index (κ2) is 4.75. The first-order valence-electron chi connectivity index (χ1n) is 5.58. The normalized spacial score (nSPS) is 11.6. The van der Waals surface area contributed by atoms with Crippen molar-refractivity contribution in [1.29, 1.82) is 0 Å². The summed E-state index contributed by atoms with van der Waals surface area (Å²) in [6, 6.07) is 0. The van der Waals surface area contributed by atoms with Gasteiger partial charge in [0.2, 0.25) is 0 Å². The van der Waals surface area contributed by atoms with E-state index in [0.717, 1.165) is 0 Å². The Morgan fingerprint density at radius 1 is 1.59 bits per heavy atom. The average Bonchev–Trinajstić information content (AvgIpc) is 2.53. The lowest BCUT2D eigenvalue weighted by atomic mass is 10.1. The summed E-state index contributed by atoms with van der Waals surface area (Å²) in [5, 5.41) is 16.2. The molecule has 0 unspecified atom stereocenters. The molecule has 0 saturated carbocycles. The molecule has 0 radical (unpaired) electrons. The van der Waals surface area contributed by atoms with E-state index in [-0.39, 0.29) is 18.3 Å². The van der Waals surface area contributed by atoms with E-state index in [0.29, 0.717) is 17.8 Å². The van der Waals surface area contributed by atoms with Crippen LogP contribution in [0.2, 0.25) is 0 Å². The van der Waals surface area contributed by atoms with E-state index in [1.807, 2.05) is 6.92 Å². The number of anilines is 1. The second-order valence-electron chi connectivity index (χ2n) is 4.74. The quantitative estimate of drug-likeness (QED) is 0.715. The predicted molar refractivity (Wildman–Crippen MR) is 65.6 cm³/mol. The van der Waals surface area contributed by atoms with Crippen molar-refractivity contribution < 1.29 is 9.90 Å². The number of amides is 1. The summed E-state index contributed by atoms with van der Waals surface area (Å²) in [7, 11) is 0. The summed E-state index contributed by atoms with van der Waals surface area (Å²) >= 11 is 0. The van der Waals surface area contributed by atoms with Crippen LogP contribution in [0.15, 0.2) is 0 Å². The number of carbonyl (C=O) groups is 1. The smallest absolute Gasteiger partial charge is 0.259 e. The van der Waals surface area contributed by atoms with Crippen LogP contribution < -0.4 is 5.73 Å². The minimum absolute atomic E-state index is 0.196. The zero-order valence-electron chi connectivity index (χ0n) is 10.7. The molecule has 0 bridgehead atoms. The lowest BCUT2D eigenvalue weighted by Crippen LogP contribution is -2.42. The maximum absolute atomic E-state index is 12.2. The number of aryl methyl sites for hydroxylation is 1. The molecule has 6 nitrogen and oxygen atoms in total. The average molecular weight is 240 g/mol. The van der Waals surface area contributed by atoms with Gasteiger partial charge in [0.1, 0.15) is 5.56 Å². The van der Waals surface area contributed by atoms with Crippen LogP contribution >= 0.6 is 0 Å². The molecule has 1 heterocycles. The fraction of sp³-hybridized carbons (Fsp3) is 0.636. The molecule has 17 heavy (non-hydrogen) atoms. The van der Waals surface area contributed by atoms with Gasteiger partial charge in [0.05, 0.1) is 5.60 Å². The van der Waals surface area contributed by atoms with Crippen LogP contribution in [0.3, 0.4) is 0 Å². The zero-order chi connectivity index (χ0) is 13.2.